The number of hydrogen-bond donors (Lipinski definition) is 3. The minimum absolute atomic E-state index is 0.117. The number of ether oxygens (including phenoxy) is 1. The lowest BCUT2D eigenvalue weighted by atomic mass is 10.1. The normalized spacial score (nSPS) is 11.9. The second-order valence-electron chi connectivity index (χ2n) is 5.89. The molecule has 3 rings (SSSR count). The molecule has 0 unspecified atom stereocenters. The molecule has 3 N–H and O–H groups in total. The third kappa shape index (κ3) is 4.53. The van der Waals surface area contributed by atoms with Gasteiger partial charge in [-0.25, -0.2) is 9.59 Å². The number of rotatable bonds is 6. The van der Waals surface area contributed by atoms with E-state index in [1.807, 2.05) is 24.3 Å². The molecule has 1 heterocycles. The van der Waals surface area contributed by atoms with Crippen LogP contribution in [0.2, 0.25) is 10.0 Å². The Bertz CT molecular complexity index is 987. The van der Waals surface area contributed by atoms with Crippen LogP contribution < -0.4 is 5.32 Å². The van der Waals surface area contributed by atoms with Crippen molar-refractivity contribution in [2.24, 2.45) is 0 Å². The third-order valence-electron chi connectivity index (χ3n) is 4.08. The van der Waals surface area contributed by atoms with E-state index < -0.39 is 18.1 Å². The maximum atomic E-state index is 12.0. The number of aliphatic carboxylic acids is 1. The van der Waals surface area contributed by atoms with Crippen LogP contribution in [-0.2, 0) is 22.6 Å². The van der Waals surface area contributed by atoms with Crippen LogP contribution in [0.25, 0.3) is 10.9 Å². The molecule has 0 radical (unpaired) electrons. The Labute approximate surface area is 165 Å². The number of fused-ring (bicyclic) bond motifs is 1. The lowest BCUT2D eigenvalue weighted by molar-refractivity contribution is -0.139. The number of hydrogen-bond acceptors (Lipinski definition) is 3. The van der Waals surface area contributed by atoms with E-state index in [-0.39, 0.29) is 13.0 Å². The molecule has 0 saturated heterocycles. The van der Waals surface area contributed by atoms with Crippen LogP contribution in [0, 0.1) is 0 Å². The summed E-state index contributed by atoms with van der Waals surface area (Å²) >= 11 is 12.0. The van der Waals surface area contributed by atoms with Crippen molar-refractivity contribution in [2.45, 2.75) is 19.1 Å². The summed E-state index contributed by atoms with van der Waals surface area (Å²) in [5.41, 5.74) is 2.22. The number of aromatic amines is 1. The molecule has 1 atom stereocenters. The number of H-pyrrole nitrogens is 1. The third-order valence-corrected chi connectivity index (χ3v) is 4.94. The van der Waals surface area contributed by atoms with Crippen molar-refractivity contribution in [3.8, 4) is 0 Å². The van der Waals surface area contributed by atoms with Gasteiger partial charge in [0.2, 0.25) is 0 Å². The van der Waals surface area contributed by atoms with Crippen LogP contribution in [0.5, 0.6) is 0 Å². The number of benzene rings is 2. The first-order valence-corrected chi connectivity index (χ1v) is 8.85. The summed E-state index contributed by atoms with van der Waals surface area (Å²) in [5.74, 6) is -1.15. The lowest BCUT2D eigenvalue weighted by Gasteiger charge is -2.15. The smallest absolute Gasteiger partial charge is 0.408 e. The quantitative estimate of drug-likeness (QED) is 0.565. The van der Waals surface area contributed by atoms with Gasteiger partial charge >= 0.3 is 12.1 Å². The molecule has 1 amide bonds. The molecule has 2 aromatic carbocycles. The molecule has 0 aliphatic rings. The highest BCUT2D eigenvalue weighted by Crippen LogP contribution is 2.26. The van der Waals surface area contributed by atoms with Gasteiger partial charge in [-0.15, -0.1) is 0 Å². The van der Waals surface area contributed by atoms with E-state index in [2.05, 4.69) is 10.3 Å². The number of carbonyl (C=O) groups excluding carboxylic acids is 1. The Morgan fingerprint density at radius 2 is 1.89 bits per heavy atom. The zero-order valence-electron chi connectivity index (χ0n) is 14.0. The fourth-order valence-corrected chi connectivity index (χ4v) is 3.08. The summed E-state index contributed by atoms with van der Waals surface area (Å²) in [6, 6.07) is 11.4. The molecular weight excluding hydrogens is 391 g/mol. The van der Waals surface area contributed by atoms with Crippen LogP contribution >= 0.6 is 23.2 Å². The molecule has 0 bridgehead atoms. The fraction of sp³-hybridized carbons (Fsp3) is 0.158. The zero-order valence-corrected chi connectivity index (χ0v) is 15.6. The number of alkyl carbamates (subject to hydrolysis) is 1. The molecule has 0 saturated carbocycles. The standard InChI is InChI=1S/C19H16Cl2N2O4/c20-14-6-3-4-11(17(14)21)10-27-19(26)23-16(18(24)25)8-12-9-22-15-7-2-1-5-13(12)15/h1-7,9,16,22H,8,10H2,(H,23,26)(H,24,25)/t16-/m0/s1. The van der Waals surface area contributed by atoms with Crippen molar-refractivity contribution >= 4 is 46.2 Å². The molecule has 0 aliphatic heterocycles. The second-order valence-corrected chi connectivity index (χ2v) is 6.67. The van der Waals surface area contributed by atoms with Crippen molar-refractivity contribution < 1.29 is 19.4 Å². The van der Waals surface area contributed by atoms with Crippen LogP contribution in [0.4, 0.5) is 4.79 Å². The van der Waals surface area contributed by atoms with Crippen molar-refractivity contribution in [1.29, 1.82) is 0 Å². The summed E-state index contributed by atoms with van der Waals surface area (Å²) in [5, 5.41) is 13.4. The minimum Gasteiger partial charge on any atom is -0.480 e. The Morgan fingerprint density at radius 3 is 2.67 bits per heavy atom. The van der Waals surface area contributed by atoms with Crippen molar-refractivity contribution in [3.05, 3.63) is 69.8 Å². The first-order valence-electron chi connectivity index (χ1n) is 8.09. The minimum atomic E-state index is -1.15. The van der Waals surface area contributed by atoms with Crippen molar-refractivity contribution in [3.63, 3.8) is 0 Å². The van der Waals surface area contributed by atoms with Crippen LogP contribution in [0.3, 0.4) is 0 Å². The maximum Gasteiger partial charge on any atom is 0.408 e. The van der Waals surface area contributed by atoms with E-state index >= 15 is 0 Å². The van der Waals surface area contributed by atoms with Gasteiger partial charge in [0.05, 0.1) is 10.0 Å². The number of carbonyl (C=O) groups is 2. The number of halogens is 2. The number of para-hydroxylation sites is 1. The maximum absolute atomic E-state index is 12.0. The molecule has 0 aliphatic carbocycles. The Hall–Kier alpha value is -2.70. The van der Waals surface area contributed by atoms with Gasteiger partial charge in [-0.05, 0) is 17.7 Å². The topological polar surface area (TPSA) is 91.4 Å². The highest BCUT2D eigenvalue weighted by atomic mass is 35.5. The van der Waals surface area contributed by atoms with Gasteiger partial charge in [-0.1, -0.05) is 53.5 Å². The van der Waals surface area contributed by atoms with E-state index in [0.717, 1.165) is 16.5 Å². The SMILES string of the molecule is O=C(N[C@@H](Cc1c[nH]c2ccccc12)C(=O)O)OCc1cccc(Cl)c1Cl. The first kappa shape index (κ1) is 19.1. The van der Waals surface area contributed by atoms with Gasteiger partial charge in [0.25, 0.3) is 0 Å². The summed E-state index contributed by atoms with van der Waals surface area (Å²) in [4.78, 5) is 26.7. The van der Waals surface area contributed by atoms with Crippen molar-refractivity contribution in [1.82, 2.24) is 10.3 Å². The van der Waals surface area contributed by atoms with Crippen LogP contribution in [0.15, 0.2) is 48.7 Å². The predicted octanol–water partition coefficient (Wildman–Crippen LogP) is 4.40. The molecular formula is C19H16Cl2N2O4. The largest absolute Gasteiger partial charge is 0.480 e. The highest BCUT2D eigenvalue weighted by molar-refractivity contribution is 6.42. The average molecular weight is 407 g/mol. The van der Waals surface area contributed by atoms with E-state index in [0.29, 0.717) is 15.6 Å². The van der Waals surface area contributed by atoms with Gasteiger partial charge in [0, 0.05) is 29.1 Å². The van der Waals surface area contributed by atoms with Crippen molar-refractivity contribution in [2.75, 3.05) is 0 Å². The summed E-state index contributed by atoms with van der Waals surface area (Å²) in [6.07, 6.45) is 1.00. The van der Waals surface area contributed by atoms with E-state index in [1.165, 1.54) is 0 Å². The van der Waals surface area contributed by atoms with Gasteiger partial charge in [0.15, 0.2) is 0 Å². The molecule has 1 aromatic heterocycles. The Morgan fingerprint density at radius 1 is 1.11 bits per heavy atom. The molecule has 140 valence electrons. The summed E-state index contributed by atoms with van der Waals surface area (Å²) < 4.78 is 5.09. The van der Waals surface area contributed by atoms with E-state index in [1.54, 1.807) is 24.4 Å². The van der Waals surface area contributed by atoms with E-state index in [9.17, 15) is 14.7 Å². The Kier molecular flexibility index (Phi) is 5.88. The lowest BCUT2D eigenvalue weighted by Crippen LogP contribution is -2.42. The summed E-state index contributed by atoms with van der Waals surface area (Å²) in [6.45, 7) is -0.120. The highest BCUT2D eigenvalue weighted by Gasteiger charge is 2.22. The second kappa shape index (κ2) is 8.33. The number of carboxylic acid groups (broad SMARTS) is 1. The number of amides is 1. The molecule has 0 fully saturated rings. The zero-order chi connectivity index (χ0) is 19.4. The predicted molar refractivity (Wildman–Crippen MR) is 103 cm³/mol. The number of carboxylic acids is 1. The number of aromatic nitrogens is 1. The monoisotopic (exact) mass is 406 g/mol. The van der Waals surface area contributed by atoms with E-state index in [4.69, 9.17) is 27.9 Å². The van der Waals surface area contributed by atoms with Gasteiger partial charge in [-0.2, -0.15) is 0 Å². The van der Waals surface area contributed by atoms with Crippen LogP contribution in [-0.4, -0.2) is 28.2 Å². The molecule has 6 nitrogen and oxygen atoms in total. The molecule has 8 heteroatoms. The summed E-state index contributed by atoms with van der Waals surface area (Å²) in [7, 11) is 0. The van der Waals surface area contributed by atoms with Gasteiger partial charge in [0.1, 0.15) is 12.6 Å². The molecule has 27 heavy (non-hydrogen) atoms. The average Bonchev–Trinajstić information content (AvgIpc) is 3.05. The van der Waals surface area contributed by atoms with Gasteiger partial charge < -0.3 is 20.1 Å². The molecule has 3 aromatic rings. The van der Waals surface area contributed by atoms with Gasteiger partial charge in [-0.3, -0.25) is 0 Å². The molecule has 0 spiro atoms. The fourth-order valence-electron chi connectivity index (χ4n) is 2.71. The first-order chi connectivity index (χ1) is 13.0. The Balaban J connectivity index is 1.64. The van der Waals surface area contributed by atoms with Crippen LogP contribution in [0.1, 0.15) is 11.1 Å². The number of nitrogens with one attached hydrogen (secondary N) is 2.